The highest BCUT2D eigenvalue weighted by Gasteiger charge is 2.28. The molecule has 9 heteroatoms. The number of rotatable bonds is 7. The van der Waals surface area contributed by atoms with Crippen LogP contribution in [-0.4, -0.2) is 51.3 Å². The zero-order chi connectivity index (χ0) is 22.4. The molecule has 2 amide bonds. The van der Waals surface area contributed by atoms with Crippen molar-refractivity contribution in [2.75, 3.05) is 26.2 Å². The van der Waals surface area contributed by atoms with E-state index in [1.807, 2.05) is 6.92 Å². The summed E-state index contributed by atoms with van der Waals surface area (Å²) in [6.45, 7) is 2.89. The van der Waals surface area contributed by atoms with Crippen LogP contribution in [0.25, 0.3) is 0 Å². The summed E-state index contributed by atoms with van der Waals surface area (Å²) >= 11 is 0. The standard InChI is InChI=1S/C22H26FN3O4S/c1-16-4-10-20(11-5-16)31(29,30)25-13-12-24-21(27)18-3-2-14-26(15-18)22(28)17-6-8-19(23)9-7-17/h4-11,18,25H,2-3,12-15H2,1H3,(H,24,27). The van der Waals surface area contributed by atoms with E-state index >= 15 is 0 Å². The number of likely N-dealkylation sites (tertiary alicyclic amines) is 1. The Bertz CT molecular complexity index is 1020. The van der Waals surface area contributed by atoms with E-state index in [1.165, 1.54) is 36.4 Å². The number of halogens is 1. The SMILES string of the molecule is Cc1ccc(S(=O)(=O)NCCNC(=O)C2CCCN(C(=O)c3ccc(F)cc3)C2)cc1. The van der Waals surface area contributed by atoms with Gasteiger partial charge in [-0.25, -0.2) is 17.5 Å². The maximum absolute atomic E-state index is 13.1. The zero-order valence-electron chi connectivity index (χ0n) is 17.3. The van der Waals surface area contributed by atoms with E-state index in [2.05, 4.69) is 10.0 Å². The fourth-order valence-electron chi connectivity index (χ4n) is 3.47. The Hall–Kier alpha value is -2.78. The second-order valence-electron chi connectivity index (χ2n) is 7.60. The van der Waals surface area contributed by atoms with Crippen LogP contribution in [0.1, 0.15) is 28.8 Å². The third-order valence-electron chi connectivity index (χ3n) is 5.22. The van der Waals surface area contributed by atoms with Crippen molar-refractivity contribution in [3.8, 4) is 0 Å². The molecule has 1 unspecified atom stereocenters. The first-order valence-corrected chi connectivity index (χ1v) is 11.6. The molecule has 3 rings (SSSR count). The van der Waals surface area contributed by atoms with E-state index in [-0.39, 0.29) is 42.3 Å². The molecule has 166 valence electrons. The number of nitrogens with zero attached hydrogens (tertiary/aromatic N) is 1. The van der Waals surface area contributed by atoms with Gasteiger partial charge in [0.2, 0.25) is 15.9 Å². The molecular formula is C22H26FN3O4S. The minimum Gasteiger partial charge on any atom is -0.354 e. The lowest BCUT2D eigenvalue weighted by Crippen LogP contribution is -2.46. The lowest BCUT2D eigenvalue weighted by Gasteiger charge is -2.32. The van der Waals surface area contributed by atoms with Crippen molar-refractivity contribution in [3.05, 3.63) is 65.5 Å². The van der Waals surface area contributed by atoms with Crippen LogP contribution >= 0.6 is 0 Å². The number of carbonyl (C=O) groups is 2. The number of amides is 2. The summed E-state index contributed by atoms with van der Waals surface area (Å²) in [5, 5.41) is 2.74. The van der Waals surface area contributed by atoms with Gasteiger partial charge in [-0.05, 0) is 56.2 Å². The quantitative estimate of drug-likeness (QED) is 0.636. The van der Waals surface area contributed by atoms with Gasteiger partial charge in [-0.1, -0.05) is 17.7 Å². The first-order valence-electron chi connectivity index (χ1n) is 10.1. The molecule has 1 aliphatic rings. The molecule has 1 saturated heterocycles. The van der Waals surface area contributed by atoms with Crippen molar-refractivity contribution in [1.82, 2.24) is 14.9 Å². The van der Waals surface area contributed by atoms with Crippen molar-refractivity contribution in [1.29, 1.82) is 0 Å². The summed E-state index contributed by atoms with van der Waals surface area (Å²) in [7, 11) is -3.63. The molecule has 31 heavy (non-hydrogen) atoms. The Labute approximate surface area is 181 Å². The molecule has 2 aromatic carbocycles. The second-order valence-corrected chi connectivity index (χ2v) is 9.37. The van der Waals surface area contributed by atoms with Crippen LogP contribution in [-0.2, 0) is 14.8 Å². The molecule has 0 aromatic heterocycles. The number of piperidine rings is 1. The second kappa shape index (κ2) is 10.0. The Balaban J connectivity index is 1.47. The van der Waals surface area contributed by atoms with Gasteiger partial charge < -0.3 is 10.2 Å². The maximum atomic E-state index is 13.1. The van der Waals surface area contributed by atoms with Crippen molar-refractivity contribution in [2.24, 2.45) is 5.92 Å². The predicted molar refractivity (Wildman–Crippen MR) is 114 cm³/mol. The number of sulfonamides is 1. The van der Waals surface area contributed by atoms with Crippen LogP contribution in [0.5, 0.6) is 0 Å². The highest BCUT2D eigenvalue weighted by molar-refractivity contribution is 7.89. The number of benzene rings is 2. The summed E-state index contributed by atoms with van der Waals surface area (Å²) in [4.78, 5) is 26.9. The molecule has 0 spiro atoms. The van der Waals surface area contributed by atoms with E-state index in [0.717, 1.165) is 5.56 Å². The van der Waals surface area contributed by atoms with Crippen LogP contribution in [0.3, 0.4) is 0 Å². The fourth-order valence-corrected chi connectivity index (χ4v) is 4.50. The first-order chi connectivity index (χ1) is 14.8. The average molecular weight is 448 g/mol. The Morgan fingerprint density at radius 3 is 2.42 bits per heavy atom. The lowest BCUT2D eigenvalue weighted by atomic mass is 9.96. The van der Waals surface area contributed by atoms with Crippen molar-refractivity contribution in [2.45, 2.75) is 24.7 Å². The van der Waals surface area contributed by atoms with Gasteiger partial charge in [-0.15, -0.1) is 0 Å². The van der Waals surface area contributed by atoms with E-state index in [0.29, 0.717) is 24.9 Å². The van der Waals surface area contributed by atoms with Crippen LogP contribution < -0.4 is 10.0 Å². The van der Waals surface area contributed by atoms with Crippen LogP contribution in [0, 0.1) is 18.7 Å². The van der Waals surface area contributed by atoms with Crippen molar-refractivity contribution in [3.63, 3.8) is 0 Å². The van der Waals surface area contributed by atoms with Gasteiger partial charge in [-0.3, -0.25) is 9.59 Å². The largest absolute Gasteiger partial charge is 0.354 e. The number of nitrogens with one attached hydrogen (secondary N) is 2. The fraction of sp³-hybridized carbons (Fsp3) is 0.364. The van der Waals surface area contributed by atoms with Gasteiger partial charge in [0, 0.05) is 31.7 Å². The third-order valence-corrected chi connectivity index (χ3v) is 6.70. The molecule has 2 N–H and O–H groups in total. The van der Waals surface area contributed by atoms with Gasteiger partial charge in [0.25, 0.3) is 5.91 Å². The lowest BCUT2D eigenvalue weighted by molar-refractivity contribution is -0.126. The number of hydrogen-bond acceptors (Lipinski definition) is 4. The highest BCUT2D eigenvalue weighted by atomic mass is 32.2. The summed E-state index contributed by atoms with van der Waals surface area (Å²) < 4.78 is 40.1. The van der Waals surface area contributed by atoms with E-state index in [4.69, 9.17) is 0 Å². The molecule has 7 nitrogen and oxygen atoms in total. The number of aryl methyl sites for hydroxylation is 1. The van der Waals surface area contributed by atoms with E-state index in [9.17, 15) is 22.4 Å². The molecule has 2 aromatic rings. The van der Waals surface area contributed by atoms with Crippen LogP contribution in [0.2, 0.25) is 0 Å². The molecule has 0 radical (unpaired) electrons. The monoisotopic (exact) mass is 447 g/mol. The molecule has 0 saturated carbocycles. The van der Waals surface area contributed by atoms with Gasteiger partial charge in [-0.2, -0.15) is 0 Å². The van der Waals surface area contributed by atoms with E-state index < -0.39 is 15.8 Å². The molecule has 1 heterocycles. The summed E-state index contributed by atoms with van der Waals surface area (Å²) in [5.41, 5.74) is 1.35. The minimum atomic E-state index is -3.63. The summed E-state index contributed by atoms with van der Waals surface area (Å²) in [5.74, 6) is -1.23. The molecule has 0 aliphatic carbocycles. The molecule has 0 bridgehead atoms. The normalized spacial score (nSPS) is 16.7. The average Bonchev–Trinajstić information content (AvgIpc) is 2.77. The Kier molecular flexibility index (Phi) is 7.40. The van der Waals surface area contributed by atoms with Crippen molar-refractivity contribution >= 4 is 21.8 Å². The number of hydrogen-bond donors (Lipinski definition) is 2. The predicted octanol–water partition coefficient (Wildman–Crippen LogP) is 2.08. The maximum Gasteiger partial charge on any atom is 0.253 e. The summed E-state index contributed by atoms with van der Waals surface area (Å²) in [6.07, 6.45) is 1.33. The first kappa shape index (κ1) is 22.9. The Morgan fingerprint density at radius 1 is 1.06 bits per heavy atom. The Morgan fingerprint density at radius 2 is 1.74 bits per heavy atom. The zero-order valence-corrected chi connectivity index (χ0v) is 18.1. The molecule has 1 fully saturated rings. The van der Waals surface area contributed by atoms with Gasteiger partial charge in [0.15, 0.2) is 0 Å². The van der Waals surface area contributed by atoms with E-state index in [1.54, 1.807) is 17.0 Å². The topological polar surface area (TPSA) is 95.6 Å². The minimum absolute atomic E-state index is 0.0624. The van der Waals surface area contributed by atoms with Gasteiger partial charge >= 0.3 is 0 Å². The number of carbonyl (C=O) groups excluding carboxylic acids is 2. The highest BCUT2D eigenvalue weighted by Crippen LogP contribution is 2.19. The van der Waals surface area contributed by atoms with Gasteiger partial charge in [0.1, 0.15) is 5.82 Å². The molecular weight excluding hydrogens is 421 g/mol. The van der Waals surface area contributed by atoms with Crippen molar-refractivity contribution < 1.29 is 22.4 Å². The summed E-state index contributed by atoms with van der Waals surface area (Å²) in [6, 6.07) is 11.8. The molecule has 1 aliphatic heterocycles. The van der Waals surface area contributed by atoms with Gasteiger partial charge in [0.05, 0.1) is 10.8 Å². The third kappa shape index (κ3) is 6.11. The van der Waals surface area contributed by atoms with Crippen LogP contribution in [0.4, 0.5) is 4.39 Å². The smallest absolute Gasteiger partial charge is 0.253 e. The molecule has 1 atom stereocenters. The van der Waals surface area contributed by atoms with Crippen LogP contribution in [0.15, 0.2) is 53.4 Å².